The number of hydrogen-bond acceptors (Lipinski definition) is 2. The lowest BCUT2D eigenvalue weighted by molar-refractivity contribution is 0.767. The summed E-state index contributed by atoms with van der Waals surface area (Å²) in [7, 11) is 1.86. The molecule has 0 saturated heterocycles. The predicted octanol–water partition coefficient (Wildman–Crippen LogP) is 3.69. The van der Waals surface area contributed by atoms with Crippen LogP contribution < -0.4 is 5.56 Å². The summed E-state index contributed by atoms with van der Waals surface area (Å²) in [6, 6.07) is 17.6. The summed E-state index contributed by atoms with van der Waals surface area (Å²) in [5.74, 6) is 6.27. The molecule has 0 radical (unpaired) electrons. The predicted molar refractivity (Wildman–Crippen MR) is 108 cm³/mol. The number of para-hydroxylation sites is 1. The zero-order valence-electron chi connectivity index (χ0n) is 15.3. The summed E-state index contributed by atoms with van der Waals surface area (Å²) in [6.07, 6.45) is 4.34. The summed E-state index contributed by atoms with van der Waals surface area (Å²) in [4.78, 5) is 13.4. The first-order valence-electron chi connectivity index (χ1n) is 8.91. The Morgan fingerprint density at radius 3 is 2.56 bits per heavy atom. The number of nitrogens with zero attached hydrogens (tertiary/aromatic N) is 3. The zero-order valence-corrected chi connectivity index (χ0v) is 15.3. The van der Waals surface area contributed by atoms with E-state index >= 15 is 0 Å². The Morgan fingerprint density at radius 1 is 1.04 bits per heavy atom. The molecule has 0 unspecified atom stereocenters. The molecule has 0 aliphatic carbocycles. The van der Waals surface area contributed by atoms with Gasteiger partial charge in [0.05, 0.1) is 17.1 Å². The molecule has 0 aliphatic heterocycles. The molecule has 0 N–H and O–H groups in total. The van der Waals surface area contributed by atoms with Gasteiger partial charge in [-0.1, -0.05) is 49.1 Å². The number of hydrogen-bond donors (Lipinski definition) is 0. The molecule has 0 aliphatic rings. The summed E-state index contributed by atoms with van der Waals surface area (Å²) in [5.41, 5.74) is 3.37. The van der Waals surface area contributed by atoms with E-state index in [9.17, 15) is 4.79 Å². The molecule has 0 spiro atoms. The summed E-state index contributed by atoms with van der Waals surface area (Å²) in [6.45, 7) is 2.06. The normalized spacial score (nSPS) is 10.6. The molecule has 2 heterocycles. The number of rotatable bonds is 2. The van der Waals surface area contributed by atoms with E-state index in [4.69, 9.17) is 0 Å². The standard InChI is InChI=1S/C23H19N3O/c1-3-20-14-19-9-7-8-18(13-12-17-15-24-25(2)16-17)22(19)23(27)26(20)21-10-5-4-6-11-21/h4-11,14-16H,3H2,1-2H3. The van der Waals surface area contributed by atoms with E-state index in [1.165, 1.54) is 0 Å². The van der Waals surface area contributed by atoms with Crippen molar-refractivity contribution in [3.63, 3.8) is 0 Å². The van der Waals surface area contributed by atoms with E-state index in [0.717, 1.165) is 34.3 Å². The lowest BCUT2D eigenvalue weighted by Crippen LogP contribution is -2.22. The molecule has 132 valence electrons. The van der Waals surface area contributed by atoms with Crippen molar-refractivity contribution < 1.29 is 0 Å². The molecule has 27 heavy (non-hydrogen) atoms. The number of aromatic nitrogens is 3. The van der Waals surface area contributed by atoms with Crippen molar-refractivity contribution >= 4 is 10.8 Å². The molecule has 0 bridgehead atoms. The highest BCUT2D eigenvalue weighted by molar-refractivity contribution is 5.88. The van der Waals surface area contributed by atoms with E-state index in [1.54, 1.807) is 15.4 Å². The van der Waals surface area contributed by atoms with Gasteiger partial charge in [-0.15, -0.1) is 0 Å². The minimum Gasteiger partial charge on any atom is -0.281 e. The fourth-order valence-electron chi connectivity index (χ4n) is 3.27. The van der Waals surface area contributed by atoms with Crippen LogP contribution in [0.15, 0.2) is 71.8 Å². The Morgan fingerprint density at radius 2 is 1.85 bits per heavy atom. The molecule has 2 aromatic heterocycles. The number of benzene rings is 2. The van der Waals surface area contributed by atoms with E-state index in [0.29, 0.717) is 5.39 Å². The molecular formula is C23H19N3O. The average molecular weight is 353 g/mol. The number of aryl methyl sites for hydroxylation is 2. The van der Waals surface area contributed by atoms with Crippen molar-refractivity contribution in [1.29, 1.82) is 0 Å². The van der Waals surface area contributed by atoms with Crippen molar-refractivity contribution in [2.24, 2.45) is 7.05 Å². The lowest BCUT2D eigenvalue weighted by atomic mass is 10.0. The van der Waals surface area contributed by atoms with Gasteiger partial charge in [-0.05, 0) is 36.1 Å². The highest BCUT2D eigenvalue weighted by atomic mass is 16.1. The van der Waals surface area contributed by atoms with Gasteiger partial charge in [0.25, 0.3) is 5.56 Å². The second-order valence-corrected chi connectivity index (χ2v) is 6.39. The first kappa shape index (κ1) is 16.9. The van der Waals surface area contributed by atoms with E-state index in [2.05, 4.69) is 29.9 Å². The van der Waals surface area contributed by atoms with Crippen LogP contribution >= 0.6 is 0 Å². The highest BCUT2D eigenvalue weighted by Gasteiger charge is 2.12. The van der Waals surface area contributed by atoms with Gasteiger partial charge in [-0.3, -0.25) is 14.0 Å². The third kappa shape index (κ3) is 3.16. The third-order valence-electron chi connectivity index (χ3n) is 4.55. The zero-order chi connectivity index (χ0) is 18.8. The van der Waals surface area contributed by atoms with Crippen LogP contribution in [0.1, 0.15) is 23.7 Å². The number of pyridine rings is 1. The van der Waals surface area contributed by atoms with Crippen LogP contribution in [-0.2, 0) is 13.5 Å². The van der Waals surface area contributed by atoms with Crippen LogP contribution in [0.5, 0.6) is 0 Å². The number of fused-ring (bicyclic) bond motifs is 1. The average Bonchev–Trinajstić information content (AvgIpc) is 3.11. The maximum absolute atomic E-state index is 13.4. The fourth-order valence-corrected chi connectivity index (χ4v) is 3.27. The van der Waals surface area contributed by atoms with Crippen LogP contribution in [-0.4, -0.2) is 14.3 Å². The lowest BCUT2D eigenvalue weighted by Gasteiger charge is -2.14. The Hall–Kier alpha value is -3.58. The van der Waals surface area contributed by atoms with Crippen molar-refractivity contribution in [2.45, 2.75) is 13.3 Å². The Labute approximate surface area is 157 Å². The van der Waals surface area contributed by atoms with Gasteiger partial charge in [-0.2, -0.15) is 5.10 Å². The van der Waals surface area contributed by atoms with Gasteiger partial charge >= 0.3 is 0 Å². The second kappa shape index (κ2) is 6.97. The molecule has 4 aromatic rings. The van der Waals surface area contributed by atoms with Gasteiger partial charge in [0.15, 0.2) is 0 Å². The monoisotopic (exact) mass is 353 g/mol. The molecule has 4 nitrogen and oxygen atoms in total. The maximum atomic E-state index is 13.4. The minimum atomic E-state index is -0.0355. The fraction of sp³-hybridized carbons (Fsp3) is 0.130. The van der Waals surface area contributed by atoms with Gasteiger partial charge in [0.1, 0.15) is 0 Å². The van der Waals surface area contributed by atoms with Crippen molar-refractivity contribution in [2.75, 3.05) is 0 Å². The van der Waals surface area contributed by atoms with Crippen molar-refractivity contribution in [3.8, 4) is 17.5 Å². The Kier molecular flexibility index (Phi) is 4.35. The smallest absolute Gasteiger partial charge is 0.264 e. The minimum absolute atomic E-state index is 0.0355. The quantitative estimate of drug-likeness (QED) is 0.516. The summed E-state index contributed by atoms with van der Waals surface area (Å²) < 4.78 is 3.50. The molecule has 0 atom stereocenters. The van der Waals surface area contributed by atoms with Gasteiger partial charge < -0.3 is 0 Å². The van der Waals surface area contributed by atoms with Crippen molar-refractivity contribution in [3.05, 3.63) is 94.2 Å². The van der Waals surface area contributed by atoms with E-state index in [-0.39, 0.29) is 5.56 Å². The topological polar surface area (TPSA) is 39.8 Å². The Bertz CT molecular complexity index is 1240. The van der Waals surface area contributed by atoms with Crippen LogP contribution in [0.3, 0.4) is 0 Å². The molecule has 2 aromatic carbocycles. The van der Waals surface area contributed by atoms with Gasteiger partial charge in [0.2, 0.25) is 0 Å². The Balaban J connectivity index is 1.98. The second-order valence-electron chi connectivity index (χ2n) is 6.39. The SMILES string of the molecule is CCc1cc2cccc(C#Cc3cnn(C)c3)c2c(=O)n1-c1ccccc1. The third-order valence-corrected chi connectivity index (χ3v) is 4.55. The van der Waals surface area contributed by atoms with E-state index < -0.39 is 0 Å². The van der Waals surface area contributed by atoms with Crippen molar-refractivity contribution in [1.82, 2.24) is 14.3 Å². The first-order valence-corrected chi connectivity index (χ1v) is 8.91. The summed E-state index contributed by atoms with van der Waals surface area (Å²) in [5, 5.41) is 5.70. The molecule has 0 amide bonds. The van der Waals surface area contributed by atoms with Crippen LogP contribution in [0.25, 0.3) is 16.5 Å². The van der Waals surface area contributed by atoms with Crippen LogP contribution in [0.2, 0.25) is 0 Å². The summed E-state index contributed by atoms with van der Waals surface area (Å²) >= 11 is 0. The highest BCUT2D eigenvalue weighted by Crippen LogP contribution is 2.19. The van der Waals surface area contributed by atoms with E-state index in [1.807, 2.05) is 61.8 Å². The molecular weight excluding hydrogens is 334 g/mol. The largest absolute Gasteiger partial charge is 0.281 e. The van der Waals surface area contributed by atoms with Crippen LogP contribution in [0.4, 0.5) is 0 Å². The first-order chi connectivity index (χ1) is 13.2. The van der Waals surface area contributed by atoms with Crippen LogP contribution in [0, 0.1) is 11.8 Å². The molecule has 4 rings (SSSR count). The molecule has 0 fully saturated rings. The maximum Gasteiger partial charge on any atom is 0.264 e. The molecule has 4 heteroatoms. The van der Waals surface area contributed by atoms with Gasteiger partial charge in [-0.25, -0.2) is 0 Å². The van der Waals surface area contributed by atoms with Gasteiger partial charge in [0, 0.05) is 30.2 Å². The molecule has 0 saturated carbocycles.